The molecule has 0 spiro atoms. The van der Waals surface area contributed by atoms with Crippen molar-refractivity contribution in [1.82, 2.24) is 9.97 Å². The highest BCUT2D eigenvalue weighted by Gasteiger charge is 2.11. The summed E-state index contributed by atoms with van der Waals surface area (Å²) >= 11 is 0. The lowest BCUT2D eigenvalue weighted by Gasteiger charge is -2.12. The van der Waals surface area contributed by atoms with Gasteiger partial charge in [0.05, 0.1) is 0 Å². The third kappa shape index (κ3) is 2.91. The summed E-state index contributed by atoms with van der Waals surface area (Å²) < 4.78 is 0. The number of aromatic nitrogens is 2. The molecule has 0 amide bonds. The fraction of sp³-hybridized carbons (Fsp3) is 0.667. The molecule has 0 saturated carbocycles. The van der Waals surface area contributed by atoms with E-state index in [-0.39, 0.29) is 0 Å². The summed E-state index contributed by atoms with van der Waals surface area (Å²) in [7, 11) is 0. The molecule has 1 aromatic rings. The van der Waals surface area contributed by atoms with E-state index in [0.717, 1.165) is 36.3 Å². The Morgan fingerprint density at radius 3 is 2.40 bits per heavy atom. The van der Waals surface area contributed by atoms with Crippen LogP contribution in [0.5, 0.6) is 0 Å². The van der Waals surface area contributed by atoms with Gasteiger partial charge >= 0.3 is 0 Å². The smallest absolute Gasteiger partial charge is 0.131 e. The van der Waals surface area contributed by atoms with Crippen LogP contribution in [0.1, 0.15) is 56.6 Å². The van der Waals surface area contributed by atoms with Crippen molar-refractivity contribution in [3.05, 3.63) is 17.1 Å². The molecule has 2 N–H and O–H groups in total. The summed E-state index contributed by atoms with van der Waals surface area (Å²) in [5.41, 5.74) is 8.07. The van der Waals surface area contributed by atoms with Gasteiger partial charge in [-0.3, -0.25) is 0 Å². The van der Waals surface area contributed by atoms with Crippen molar-refractivity contribution in [2.24, 2.45) is 0 Å². The highest BCUT2D eigenvalue weighted by molar-refractivity contribution is 5.44. The van der Waals surface area contributed by atoms with Crippen LogP contribution >= 0.6 is 0 Å². The van der Waals surface area contributed by atoms with Crippen molar-refractivity contribution in [1.29, 1.82) is 0 Å². The molecule has 0 radical (unpaired) electrons. The Bertz CT molecular complexity index is 309. The van der Waals surface area contributed by atoms with Crippen molar-refractivity contribution < 1.29 is 0 Å². The minimum atomic E-state index is 0.394. The maximum atomic E-state index is 5.94. The predicted octanol–water partition coefficient (Wildman–Crippen LogP) is 2.83. The van der Waals surface area contributed by atoms with Gasteiger partial charge in [-0.15, -0.1) is 0 Å². The first-order chi connectivity index (χ1) is 7.06. The molecule has 3 heteroatoms. The third-order valence-electron chi connectivity index (χ3n) is 2.54. The van der Waals surface area contributed by atoms with E-state index < -0.39 is 0 Å². The van der Waals surface area contributed by atoms with Gasteiger partial charge in [-0.2, -0.15) is 0 Å². The average molecular weight is 207 g/mol. The van der Waals surface area contributed by atoms with Gasteiger partial charge in [-0.1, -0.05) is 27.2 Å². The monoisotopic (exact) mass is 207 g/mol. The Balaban J connectivity index is 2.97. The van der Waals surface area contributed by atoms with E-state index in [1.54, 1.807) is 0 Å². The quantitative estimate of drug-likeness (QED) is 0.826. The molecule has 0 aliphatic carbocycles. The van der Waals surface area contributed by atoms with E-state index in [2.05, 4.69) is 30.7 Å². The van der Waals surface area contributed by atoms with Crippen LogP contribution in [-0.2, 0) is 6.42 Å². The number of nitrogens with zero attached hydrogens (tertiary/aromatic N) is 2. The number of nitrogens with two attached hydrogens (primary N) is 1. The molecule has 0 aliphatic heterocycles. The summed E-state index contributed by atoms with van der Waals surface area (Å²) in [5.74, 6) is 1.94. The Morgan fingerprint density at radius 1 is 1.27 bits per heavy atom. The van der Waals surface area contributed by atoms with Crippen LogP contribution in [0.4, 0.5) is 5.82 Å². The van der Waals surface area contributed by atoms with Crippen molar-refractivity contribution >= 4 is 5.82 Å². The molecule has 84 valence electrons. The van der Waals surface area contributed by atoms with E-state index >= 15 is 0 Å². The summed E-state index contributed by atoms with van der Waals surface area (Å²) in [6.07, 6.45) is 3.22. The van der Waals surface area contributed by atoms with E-state index in [4.69, 9.17) is 5.73 Å². The number of anilines is 1. The molecule has 0 saturated heterocycles. The minimum Gasteiger partial charge on any atom is -0.383 e. The lowest BCUT2D eigenvalue weighted by molar-refractivity contribution is 0.737. The highest BCUT2D eigenvalue weighted by Crippen LogP contribution is 2.22. The summed E-state index contributed by atoms with van der Waals surface area (Å²) in [4.78, 5) is 8.86. The van der Waals surface area contributed by atoms with Crippen molar-refractivity contribution in [2.75, 3.05) is 5.73 Å². The van der Waals surface area contributed by atoms with Crippen LogP contribution in [0.15, 0.2) is 0 Å². The Labute approximate surface area is 92.1 Å². The van der Waals surface area contributed by atoms with E-state index in [1.807, 2.05) is 6.92 Å². The SMILES string of the molecule is CCCCc1nc(C)c(C(C)C)c(N)n1. The topological polar surface area (TPSA) is 51.8 Å². The van der Waals surface area contributed by atoms with Gasteiger partial charge in [0, 0.05) is 17.7 Å². The normalized spacial score (nSPS) is 11.0. The molecular weight excluding hydrogens is 186 g/mol. The first-order valence-electron chi connectivity index (χ1n) is 5.69. The van der Waals surface area contributed by atoms with Gasteiger partial charge in [0.2, 0.25) is 0 Å². The highest BCUT2D eigenvalue weighted by atomic mass is 15.0. The second-order valence-electron chi connectivity index (χ2n) is 4.28. The lowest BCUT2D eigenvalue weighted by Crippen LogP contribution is -2.08. The summed E-state index contributed by atoms with van der Waals surface area (Å²) in [6.45, 7) is 8.42. The van der Waals surface area contributed by atoms with Crippen LogP contribution in [0.2, 0.25) is 0 Å². The van der Waals surface area contributed by atoms with Crippen LogP contribution in [-0.4, -0.2) is 9.97 Å². The van der Waals surface area contributed by atoms with Gasteiger partial charge < -0.3 is 5.73 Å². The van der Waals surface area contributed by atoms with Gasteiger partial charge in [0.15, 0.2) is 0 Å². The minimum absolute atomic E-state index is 0.394. The summed E-state index contributed by atoms with van der Waals surface area (Å²) in [6, 6.07) is 0. The third-order valence-corrected chi connectivity index (χ3v) is 2.54. The van der Waals surface area contributed by atoms with Gasteiger partial charge in [-0.25, -0.2) is 9.97 Å². The molecule has 0 bridgehead atoms. The lowest BCUT2D eigenvalue weighted by atomic mass is 10.0. The van der Waals surface area contributed by atoms with E-state index in [0.29, 0.717) is 11.7 Å². The maximum Gasteiger partial charge on any atom is 0.131 e. The molecule has 0 unspecified atom stereocenters. The Morgan fingerprint density at radius 2 is 1.93 bits per heavy atom. The van der Waals surface area contributed by atoms with Gasteiger partial charge in [-0.05, 0) is 19.3 Å². The van der Waals surface area contributed by atoms with Gasteiger partial charge in [0.1, 0.15) is 11.6 Å². The molecule has 1 rings (SSSR count). The van der Waals surface area contributed by atoms with E-state index in [9.17, 15) is 0 Å². The van der Waals surface area contributed by atoms with Crippen LogP contribution in [0, 0.1) is 6.92 Å². The van der Waals surface area contributed by atoms with Crippen molar-refractivity contribution in [3.8, 4) is 0 Å². The molecule has 15 heavy (non-hydrogen) atoms. The zero-order valence-corrected chi connectivity index (χ0v) is 10.2. The maximum absolute atomic E-state index is 5.94. The second-order valence-corrected chi connectivity index (χ2v) is 4.28. The number of aryl methyl sites for hydroxylation is 2. The van der Waals surface area contributed by atoms with Crippen LogP contribution in [0.3, 0.4) is 0 Å². The molecule has 0 aliphatic rings. The first-order valence-corrected chi connectivity index (χ1v) is 5.69. The first kappa shape index (κ1) is 12.0. The Hall–Kier alpha value is -1.12. The number of hydrogen-bond acceptors (Lipinski definition) is 3. The number of rotatable bonds is 4. The zero-order valence-electron chi connectivity index (χ0n) is 10.2. The molecule has 0 fully saturated rings. The number of nitrogen functional groups attached to an aromatic ring is 1. The molecular formula is C12H21N3. The number of hydrogen-bond donors (Lipinski definition) is 1. The largest absolute Gasteiger partial charge is 0.383 e. The fourth-order valence-corrected chi connectivity index (χ4v) is 1.82. The predicted molar refractivity (Wildman–Crippen MR) is 63.9 cm³/mol. The molecule has 1 heterocycles. The van der Waals surface area contributed by atoms with Crippen LogP contribution < -0.4 is 5.73 Å². The van der Waals surface area contributed by atoms with Crippen LogP contribution in [0.25, 0.3) is 0 Å². The molecule has 0 atom stereocenters. The fourth-order valence-electron chi connectivity index (χ4n) is 1.82. The summed E-state index contributed by atoms with van der Waals surface area (Å²) in [5, 5.41) is 0. The average Bonchev–Trinajstić information content (AvgIpc) is 2.12. The number of unbranched alkanes of at least 4 members (excludes halogenated alkanes) is 1. The van der Waals surface area contributed by atoms with Crippen molar-refractivity contribution in [2.45, 2.75) is 52.9 Å². The Kier molecular flexibility index (Phi) is 4.06. The molecule has 3 nitrogen and oxygen atoms in total. The van der Waals surface area contributed by atoms with E-state index in [1.165, 1.54) is 0 Å². The molecule has 0 aromatic carbocycles. The van der Waals surface area contributed by atoms with Crippen molar-refractivity contribution in [3.63, 3.8) is 0 Å². The molecule has 1 aromatic heterocycles. The second kappa shape index (κ2) is 5.10. The van der Waals surface area contributed by atoms with Gasteiger partial charge in [0.25, 0.3) is 0 Å². The standard InChI is InChI=1S/C12H21N3/c1-5-6-7-10-14-9(4)11(8(2)3)12(13)15-10/h8H,5-7H2,1-4H3,(H2,13,14,15). The zero-order chi connectivity index (χ0) is 11.4.